The molecule has 0 aromatic carbocycles. The van der Waals surface area contributed by atoms with E-state index in [0.717, 1.165) is 8.26 Å². The monoisotopic (exact) mass is 396 g/mol. The Morgan fingerprint density at radius 3 is 2.78 bits per heavy atom. The summed E-state index contributed by atoms with van der Waals surface area (Å²) in [5, 5.41) is 0. The zero-order valence-electron chi connectivity index (χ0n) is 9.19. The van der Waals surface area contributed by atoms with Crippen LogP contribution in [0.2, 0.25) is 0 Å². The predicted molar refractivity (Wildman–Crippen MR) is 74.6 cm³/mol. The Labute approximate surface area is 125 Å². The standard InChI is InChI=1S/C10H10Br2N2O3S/c11-5-3-7(18-8(5)12)10(16)14-1-2-17-4-6(14)9(13)15/h3,6H,1-2,4H2,(H2,13,15). The lowest BCUT2D eigenvalue weighted by Gasteiger charge is -2.33. The summed E-state index contributed by atoms with van der Waals surface area (Å²) in [6.45, 7) is 0.956. The largest absolute Gasteiger partial charge is 0.377 e. The molecule has 8 heteroatoms. The lowest BCUT2D eigenvalue weighted by atomic mass is 10.2. The Hall–Kier alpha value is -0.440. The van der Waals surface area contributed by atoms with Crippen LogP contribution in [0.1, 0.15) is 9.67 Å². The molecule has 1 atom stereocenters. The fraction of sp³-hybridized carbons (Fsp3) is 0.400. The van der Waals surface area contributed by atoms with E-state index in [1.165, 1.54) is 16.2 Å². The van der Waals surface area contributed by atoms with Gasteiger partial charge >= 0.3 is 0 Å². The average Bonchev–Trinajstić information content (AvgIpc) is 2.68. The lowest BCUT2D eigenvalue weighted by molar-refractivity contribution is -0.127. The van der Waals surface area contributed by atoms with Gasteiger partial charge in [-0.2, -0.15) is 0 Å². The molecular weight excluding hydrogens is 388 g/mol. The molecule has 18 heavy (non-hydrogen) atoms. The van der Waals surface area contributed by atoms with E-state index in [0.29, 0.717) is 18.0 Å². The van der Waals surface area contributed by atoms with Crippen molar-refractivity contribution in [3.8, 4) is 0 Å². The summed E-state index contributed by atoms with van der Waals surface area (Å²) in [6.07, 6.45) is 0. The van der Waals surface area contributed by atoms with Gasteiger partial charge in [0.2, 0.25) is 5.91 Å². The first-order valence-corrected chi connectivity index (χ1v) is 7.54. The van der Waals surface area contributed by atoms with E-state index in [-0.39, 0.29) is 12.5 Å². The van der Waals surface area contributed by atoms with E-state index in [2.05, 4.69) is 31.9 Å². The molecule has 5 nitrogen and oxygen atoms in total. The number of morpholine rings is 1. The van der Waals surface area contributed by atoms with Crippen molar-refractivity contribution in [3.63, 3.8) is 0 Å². The molecule has 1 aromatic rings. The smallest absolute Gasteiger partial charge is 0.264 e. The summed E-state index contributed by atoms with van der Waals surface area (Å²) in [6, 6.07) is 1.04. The molecule has 2 rings (SSSR count). The van der Waals surface area contributed by atoms with E-state index in [4.69, 9.17) is 10.5 Å². The van der Waals surface area contributed by atoms with Gasteiger partial charge < -0.3 is 15.4 Å². The topological polar surface area (TPSA) is 72.6 Å². The third-order valence-electron chi connectivity index (χ3n) is 2.57. The first-order chi connectivity index (χ1) is 8.50. The van der Waals surface area contributed by atoms with Gasteiger partial charge in [-0.3, -0.25) is 9.59 Å². The fourth-order valence-electron chi connectivity index (χ4n) is 1.68. The average molecular weight is 398 g/mol. The molecule has 1 aliphatic heterocycles. The molecule has 1 unspecified atom stereocenters. The maximum atomic E-state index is 12.3. The van der Waals surface area contributed by atoms with Crippen LogP contribution in [0.15, 0.2) is 14.3 Å². The van der Waals surface area contributed by atoms with Gasteiger partial charge in [0.15, 0.2) is 0 Å². The number of halogens is 2. The Balaban J connectivity index is 2.23. The second-order valence-electron chi connectivity index (χ2n) is 3.72. The highest BCUT2D eigenvalue weighted by Gasteiger charge is 2.32. The highest BCUT2D eigenvalue weighted by Crippen LogP contribution is 2.33. The third kappa shape index (κ3) is 2.76. The summed E-state index contributed by atoms with van der Waals surface area (Å²) in [4.78, 5) is 25.6. The van der Waals surface area contributed by atoms with Gasteiger partial charge in [-0.05, 0) is 37.9 Å². The number of nitrogens with zero attached hydrogens (tertiary/aromatic N) is 1. The molecule has 1 aromatic heterocycles. The molecule has 1 aliphatic rings. The summed E-state index contributed by atoms with van der Waals surface area (Å²) >= 11 is 7.98. The zero-order valence-corrected chi connectivity index (χ0v) is 13.2. The minimum atomic E-state index is -0.689. The van der Waals surface area contributed by atoms with Gasteiger partial charge in [-0.25, -0.2) is 0 Å². The van der Waals surface area contributed by atoms with Crippen molar-refractivity contribution in [2.24, 2.45) is 5.73 Å². The van der Waals surface area contributed by atoms with Crippen LogP contribution in [-0.2, 0) is 9.53 Å². The number of hydrogen-bond donors (Lipinski definition) is 1. The van der Waals surface area contributed by atoms with Gasteiger partial charge in [-0.1, -0.05) is 0 Å². The molecule has 2 heterocycles. The molecule has 0 aliphatic carbocycles. The molecule has 0 bridgehead atoms. The fourth-order valence-corrected chi connectivity index (χ4v) is 3.67. The van der Waals surface area contributed by atoms with Gasteiger partial charge in [0.1, 0.15) is 6.04 Å². The molecule has 0 spiro atoms. The van der Waals surface area contributed by atoms with Crippen molar-refractivity contribution in [1.29, 1.82) is 0 Å². The second kappa shape index (κ2) is 5.68. The number of rotatable bonds is 2. The van der Waals surface area contributed by atoms with Crippen molar-refractivity contribution in [2.75, 3.05) is 19.8 Å². The minimum Gasteiger partial charge on any atom is -0.377 e. The lowest BCUT2D eigenvalue weighted by Crippen LogP contribution is -2.54. The minimum absolute atomic E-state index is 0.161. The van der Waals surface area contributed by atoms with Crippen LogP contribution in [0.5, 0.6) is 0 Å². The SMILES string of the molecule is NC(=O)C1COCCN1C(=O)c1cc(Br)c(Br)s1. The van der Waals surface area contributed by atoms with Gasteiger partial charge in [0.25, 0.3) is 5.91 Å². The number of carbonyl (C=O) groups excluding carboxylic acids is 2. The van der Waals surface area contributed by atoms with Crippen LogP contribution >= 0.6 is 43.2 Å². The van der Waals surface area contributed by atoms with Crippen molar-refractivity contribution in [1.82, 2.24) is 4.90 Å². The summed E-state index contributed by atoms with van der Waals surface area (Å²) in [7, 11) is 0. The molecule has 98 valence electrons. The summed E-state index contributed by atoms with van der Waals surface area (Å²) in [5.74, 6) is -0.740. The summed E-state index contributed by atoms with van der Waals surface area (Å²) in [5.41, 5.74) is 5.28. The Bertz CT molecular complexity index is 472. The number of nitrogens with two attached hydrogens (primary N) is 1. The van der Waals surface area contributed by atoms with Crippen LogP contribution in [-0.4, -0.2) is 42.5 Å². The quantitative estimate of drug-likeness (QED) is 0.823. The number of hydrogen-bond acceptors (Lipinski definition) is 4. The molecule has 2 N–H and O–H groups in total. The van der Waals surface area contributed by atoms with Crippen molar-refractivity contribution in [2.45, 2.75) is 6.04 Å². The zero-order chi connectivity index (χ0) is 13.3. The van der Waals surface area contributed by atoms with E-state index >= 15 is 0 Å². The number of carbonyl (C=O) groups is 2. The van der Waals surface area contributed by atoms with Crippen molar-refractivity contribution < 1.29 is 14.3 Å². The van der Waals surface area contributed by atoms with Crippen LogP contribution in [0.4, 0.5) is 0 Å². The van der Waals surface area contributed by atoms with E-state index in [1.54, 1.807) is 6.07 Å². The maximum absolute atomic E-state index is 12.3. The number of primary amides is 1. The number of ether oxygens (including phenoxy) is 1. The Morgan fingerprint density at radius 2 is 2.22 bits per heavy atom. The van der Waals surface area contributed by atoms with Crippen molar-refractivity contribution in [3.05, 3.63) is 19.2 Å². The van der Waals surface area contributed by atoms with E-state index in [9.17, 15) is 9.59 Å². The molecule has 1 saturated heterocycles. The van der Waals surface area contributed by atoms with Crippen LogP contribution in [0, 0.1) is 0 Å². The Morgan fingerprint density at radius 1 is 1.50 bits per heavy atom. The predicted octanol–water partition coefficient (Wildman–Crippen LogP) is 1.60. The van der Waals surface area contributed by atoms with Crippen molar-refractivity contribution >= 4 is 55.0 Å². The van der Waals surface area contributed by atoms with E-state index in [1.807, 2.05) is 0 Å². The van der Waals surface area contributed by atoms with Crippen LogP contribution < -0.4 is 5.73 Å². The second-order valence-corrected chi connectivity index (χ2v) is 6.95. The van der Waals surface area contributed by atoms with E-state index < -0.39 is 11.9 Å². The first kappa shape index (κ1) is 14.0. The van der Waals surface area contributed by atoms with Crippen LogP contribution in [0.3, 0.4) is 0 Å². The van der Waals surface area contributed by atoms with Gasteiger partial charge in [0.05, 0.1) is 21.9 Å². The molecular formula is C10H10Br2N2O3S. The molecule has 0 radical (unpaired) electrons. The van der Waals surface area contributed by atoms with Gasteiger partial charge in [-0.15, -0.1) is 11.3 Å². The normalized spacial score (nSPS) is 19.9. The highest BCUT2D eigenvalue weighted by atomic mass is 79.9. The maximum Gasteiger partial charge on any atom is 0.264 e. The number of amides is 2. The summed E-state index contributed by atoms with van der Waals surface area (Å²) < 4.78 is 6.84. The molecule has 1 fully saturated rings. The molecule has 0 saturated carbocycles. The third-order valence-corrected chi connectivity index (χ3v) is 5.82. The first-order valence-electron chi connectivity index (χ1n) is 5.13. The van der Waals surface area contributed by atoms with Crippen LogP contribution in [0.25, 0.3) is 0 Å². The molecule has 2 amide bonds. The van der Waals surface area contributed by atoms with Gasteiger partial charge in [0, 0.05) is 11.0 Å². The highest BCUT2D eigenvalue weighted by molar-refractivity contribution is 9.13. The number of thiophene rings is 1. The Kier molecular flexibility index (Phi) is 4.41.